The highest BCUT2D eigenvalue weighted by atomic mass is 35.5. The van der Waals surface area contributed by atoms with Crippen LogP contribution in [0.4, 0.5) is 10.1 Å². The van der Waals surface area contributed by atoms with E-state index in [-0.39, 0.29) is 28.7 Å². The van der Waals surface area contributed by atoms with E-state index in [0.717, 1.165) is 15.5 Å². The summed E-state index contributed by atoms with van der Waals surface area (Å²) in [6, 6.07) is 9.22. The highest BCUT2D eigenvalue weighted by molar-refractivity contribution is 7.92. The van der Waals surface area contributed by atoms with Crippen molar-refractivity contribution in [2.24, 2.45) is 5.92 Å². The summed E-state index contributed by atoms with van der Waals surface area (Å²) >= 11 is 6.16. The largest absolute Gasteiger partial charge is 0.495 e. The van der Waals surface area contributed by atoms with Crippen molar-refractivity contribution in [3.63, 3.8) is 0 Å². The van der Waals surface area contributed by atoms with Crippen molar-refractivity contribution >= 4 is 39.1 Å². The minimum Gasteiger partial charge on any atom is -0.495 e. The van der Waals surface area contributed by atoms with Gasteiger partial charge in [-0.25, -0.2) is 12.8 Å². The molecule has 2 aromatic rings. The van der Waals surface area contributed by atoms with Gasteiger partial charge >= 0.3 is 0 Å². The fourth-order valence-electron chi connectivity index (χ4n) is 3.27. The number of halogens is 2. The second-order valence-electron chi connectivity index (χ2n) is 8.52. The average molecular weight is 528 g/mol. The number of rotatable bonds is 11. The maximum atomic E-state index is 14.4. The molecule has 2 amide bonds. The van der Waals surface area contributed by atoms with Gasteiger partial charge in [0.15, 0.2) is 0 Å². The summed E-state index contributed by atoms with van der Waals surface area (Å²) in [6.45, 7) is 4.93. The minimum absolute atomic E-state index is 0.148. The molecule has 0 saturated carbocycles. The van der Waals surface area contributed by atoms with Crippen molar-refractivity contribution in [3.8, 4) is 5.75 Å². The number of benzene rings is 2. The lowest BCUT2D eigenvalue weighted by molar-refractivity contribution is -0.139. The maximum Gasteiger partial charge on any atom is 0.244 e. The topological polar surface area (TPSA) is 96.0 Å². The number of ether oxygens (including phenoxy) is 1. The molecule has 11 heteroatoms. The Hall–Kier alpha value is -2.85. The molecule has 0 aliphatic heterocycles. The standard InChI is InChI=1S/C24H31ClFN3O5S/c1-16(2)13-27-24(31)17(3)28(14-18-8-6-7-9-21(18)26)23(30)15-29(35(5,32)33)19-10-11-22(34-4)20(25)12-19/h6-12,16-17H,13-15H2,1-5H3,(H,27,31)/t17-/m1/s1. The van der Waals surface area contributed by atoms with Gasteiger partial charge < -0.3 is 15.0 Å². The Kier molecular flexibility index (Phi) is 9.91. The third kappa shape index (κ3) is 7.83. The lowest BCUT2D eigenvalue weighted by Gasteiger charge is -2.31. The van der Waals surface area contributed by atoms with Crippen LogP contribution in [0, 0.1) is 11.7 Å². The first-order chi connectivity index (χ1) is 16.3. The van der Waals surface area contributed by atoms with Crippen LogP contribution in [-0.4, -0.2) is 57.6 Å². The number of hydrogen-bond donors (Lipinski definition) is 1. The molecule has 1 N–H and O–H groups in total. The monoisotopic (exact) mass is 527 g/mol. The van der Waals surface area contributed by atoms with Crippen molar-refractivity contribution in [1.82, 2.24) is 10.2 Å². The van der Waals surface area contributed by atoms with E-state index < -0.39 is 40.2 Å². The van der Waals surface area contributed by atoms with Gasteiger partial charge in [-0.1, -0.05) is 43.6 Å². The molecule has 192 valence electrons. The molecular weight excluding hydrogens is 497 g/mol. The van der Waals surface area contributed by atoms with Crippen molar-refractivity contribution < 1.29 is 27.1 Å². The van der Waals surface area contributed by atoms with E-state index in [2.05, 4.69) is 5.32 Å². The molecule has 35 heavy (non-hydrogen) atoms. The smallest absolute Gasteiger partial charge is 0.244 e. The summed E-state index contributed by atoms with van der Waals surface area (Å²) in [6.07, 6.45) is 0.957. The summed E-state index contributed by atoms with van der Waals surface area (Å²) in [4.78, 5) is 27.4. The molecule has 2 aromatic carbocycles. The van der Waals surface area contributed by atoms with Crippen molar-refractivity contribution in [2.75, 3.05) is 30.8 Å². The highest BCUT2D eigenvalue weighted by Crippen LogP contribution is 2.30. The molecule has 0 saturated heterocycles. The van der Waals surface area contributed by atoms with Gasteiger partial charge in [-0.15, -0.1) is 0 Å². The zero-order valence-corrected chi connectivity index (χ0v) is 22.0. The van der Waals surface area contributed by atoms with Crippen molar-refractivity contribution in [3.05, 3.63) is 58.9 Å². The molecule has 0 aliphatic rings. The van der Waals surface area contributed by atoms with Gasteiger partial charge in [0.2, 0.25) is 21.8 Å². The first-order valence-electron chi connectivity index (χ1n) is 11.0. The van der Waals surface area contributed by atoms with E-state index in [1.54, 1.807) is 6.07 Å². The van der Waals surface area contributed by atoms with Gasteiger partial charge in [-0.2, -0.15) is 0 Å². The van der Waals surface area contributed by atoms with E-state index in [0.29, 0.717) is 12.3 Å². The molecule has 0 radical (unpaired) electrons. The van der Waals surface area contributed by atoms with Crippen LogP contribution in [-0.2, 0) is 26.2 Å². The average Bonchev–Trinajstić information content (AvgIpc) is 2.79. The van der Waals surface area contributed by atoms with Gasteiger partial charge in [-0.3, -0.25) is 13.9 Å². The normalized spacial score (nSPS) is 12.2. The molecule has 1 atom stereocenters. The van der Waals surface area contributed by atoms with Crippen LogP contribution in [0.25, 0.3) is 0 Å². The maximum absolute atomic E-state index is 14.4. The number of anilines is 1. The Labute approximate surface area is 211 Å². The Morgan fingerprint density at radius 3 is 2.34 bits per heavy atom. The van der Waals surface area contributed by atoms with Crippen LogP contribution in [0.2, 0.25) is 5.02 Å². The molecule has 0 aliphatic carbocycles. The summed E-state index contributed by atoms with van der Waals surface area (Å²) in [5, 5.41) is 2.93. The second-order valence-corrected chi connectivity index (χ2v) is 10.8. The number of sulfonamides is 1. The van der Waals surface area contributed by atoms with Crippen LogP contribution in [0.1, 0.15) is 26.3 Å². The number of nitrogens with zero attached hydrogens (tertiary/aromatic N) is 2. The van der Waals surface area contributed by atoms with Crippen LogP contribution in [0.15, 0.2) is 42.5 Å². The first kappa shape index (κ1) is 28.4. The molecule has 0 spiro atoms. The van der Waals surface area contributed by atoms with Gasteiger partial charge in [0, 0.05) is 18.7 Å². The van der Waals surface area contributed by atoms with Gasteiger partial charge in [-0.05, 0) is 37.1 Å². The predicted molar refractivity (Wildman–Crippen MR) is 134 cm³/mol. The molecule has 2 rings (SSSR count). The Bertz CT molecular complexity index is 1160. The van der Waals surface area contributed by atoms with E-state index in [1.165, 1.54) is 50.4 Å². The van der Waals surface area contributed by atoms with Crippen LogP contribution >= 0.6 is 11.6 Å². The zero-order chi connectivity index (χ0) is 26.3. The van der Waals surface area contributed by atoms with Crippen molar-refractivity contribution in [1.29, 1.82) is 0 Å². The Morgan fingerprint density at radius 1 is 1.14 bits per heavy atom. The number of nitrogens with one attached hydrogen (secondary N) is 1. The van der Waals surface area contributed by atoms with Gasteiger partial charge in [0.25, 0.3) is 0 Å². The molecule has 0 heterocycles. The quantitative estimate of drug-likeness (QED) is 0.483. The van der Waals surface area contributed by atoms with Gasteiger partial charge in [0.1, 0.15) is 24.2 Å². The van der Waals surface area contributed by atoms with Crippen LogP contribution in [0.3, 0.4) is 0 Å². The molecule has 0 fully saturated rings. The second kappa shape index (κ2) is 12.2. The fourth-order valence-corrected chi connectivity index (χ4v) is 4.36. The molecule has 8 nitrogen and oxygen atoms in total. The third-order valence-electron chi connectivity index (χ3n) is 5.25. The number of amides is 2. The number of hydrogen-bond acceptors (Lipinski definition) is 5. The minimum atomic E-state index is -3.92. The van der Waals surface area contributed by atoms with E-state index >= 15 is 0 Å². The molecule has 0 unspecified atom stereocenters. The predicted octanol–water partition coefficient (Wildman–Crippen LogP) is 3.44. The number of carbonyl (C=O) groups excluding carboxylic acids is 2. The van der Waals surface area contributed by atoms with Crippen LogP contribution in [0.5, 0.6) is 5.75 Å². The fraction of sp³-hybridized carbons (Fsp3) is 0.417. The van der Waals surface area contributed by atoms with Gasteiger partial charge in [0.05, 0.1) is 24.1 Å². The van der Waals surface area contributed by atoms with E-state index in [1.807, 2.05) is 13.8 Å². The lowest BCUT2D eigenvalue weighted by atomic mass is 10.1. The summed E-state index contributed by atoms with van der Waals surface area (Å²) in [7, 11) is -2.50. The summed E-state index contributed by atoms with van der Waals surface area (Å²) in [5.74, 6) is -1.13. The lowest BCUT2D eigenvalue weighted by Crippen LogP contribution is -2.51. The molecular formula is C24H31ClFN3O5S. The Balaban J connectivity index is 2.41. The molecule has 0 bridgehead atoms. The summed E-state index contributed by atoms with van der Waals surface area (Å²) in [5.41, 5.74) is 0.345. The zero-order valence-electron chi connectivity index (χ0n) is 20.4. The SMILES string of the molecule is COc1ccc(N(CC(=O)N(Cc2ccccc2F)[C@H](C)C(=O)NCC(C)C)S(C)(=O)=O)cc1Cl. The Morgan fingerprint density at radius 2 is 1.80 bits per heavy atom. The molecule has 0 aromatic heterocycles. The third-order valence-corrected chi connectivity index (χ3v) is 6.69. The van der Waals surface area contributed by atoms with Crippen LogP contribution < -0.4 is 14.4 Å². The first-order valence-corrected chi connectivity index (χ1v) is 13.2. The highest BCUT2D eigenvalue weighted by Gasteiger charge is 2.30. The van der Waals surface area contributed by atoms with E-state index in [4.69, 9.17) is 16.3 Å². The number of carbonyl (C=O) groups is 2. The summed E-state index contributed by atoms with van der Waals surface area (Å²) < 4.78 is 45.6. The number of methoxy groups -OCH3 is 1. The van der Waals surface area contributed by atoms with Crippen molar-refractivity contribution in [2.45, 2.75) is 33.4 Å². The van der Waals surface area contributed by atoms with E-state index in [9.17, 15) is 22.4 Å².